The number of para-hydroxylation sites is 1. The van der Waals surface area contributed by atoms with Gasteiger partial charge in [0.2, 0.25) is 5.91 Å². The number of amides is 1. The molecule has 190 valence electrons. The summed E-state index contributed by atoms with van der Waals surface area (Å²) in [7, 11) is 0. The van der Waals surface area contributed by atoms with Crippen LogP contribution in [0.5, 0.6) is 0 Å². The molecule has 7 heteroatoms. The molecule has 3 rings (SSSR count). The summed E-state index contributed by atoms with van der Waals surface area (Å²) in [5.74, 6) is -0.748. The molecule has 0 aliphatic rings. The van der Waals surface area contributed by atoms with Gasteiger partial charge >= 0.3 is 5.97 Å². The maximum absolute atomic E-state index is 13.2. The molecule has 2 unspecified atom stereocenters. The van der Waals surface area contributed by atoms with Gasteiger partial charge in [0.1, 0.15) is 18.7 Å². The Balaban J connectivity index is 1.60. The Kier molecular flexibility index (Phi) is 10.4. The van der Waals surface area contributed by atoms with Crippen LogP contribution in [0.1, 0.15) is 27.0 Å². The van der Waals surface area contributed by atoms with Crippen molar-refractivity contribution in [3.63, 3.8) is 0 Å². The van der Waals surface area contributed by atoms with Gasteiger partial charge in [-0.3, -0.25) is 4.79 Å². The molecule has 7 nitrogen and oxygen atoms in total. The summed E-state index contributed by atoms with van der Waals surface area (Å²) >= 11 is 0. The van der Waals surface area contributed by atoms with E-state index >= 15 is 0 Å². The van der Waals surface area contributed by atoms with Crippen LogP contribution in [-0.2, 0) is 27.3 Å². The summed E-state index contributed by atoms with van der Waals surface area (Å²) in [5, 5.41) is 15.7. The molecule has 1 amide bonds. The Bertz CT molecular complexity index is 1240. The molecule has 0 spiro atoms. The van der Waals surface area contributed by atoms with Crippen molar-refractivity contribution in [3.8, 4) is 6.07 Å². The molecule has 0 fully saturated rings. The lowest BCUT2D eigenvalue weighted by atomic mass is 10.0. The van der Waals surface area contributed by atoms with Gasteiger partial charge in [-0.25, -0.2) is 4.79 Å². The third-order valence-electron chi connectivity index (χ3n) is 5.47. The summed E-state index contributed by atoms with van der Waals surface area (Å²) in [5.41, 5.74) is 4.09. The van der Waals surface area contributed by atoms with E-state index in [0.717, 1.165) is 22.4 Å². The highest BCUT2D eigenvalue weighted by Crippen LogP contribution is 2.13. The standard InChI is InChI=1S/C30H31N3O4/c1-3-15-37-30(35)25-12-8-11-24(17-25)20-36-21-27(19-31)33-29(34)28(32-26-13-5-4-6-14-26)18-23-10-7-9-22(2)16-23/h3-14,16-17,27-28,32H,1,15,18,20-21H2,2H3,(H,33,34). The van der Waals surface area contributed by atoms with E-state index in [-0.39, 0.29) is 25.7 Å². The van der Waals surface area contributed by atoms with Gasteiger partial charge in [0, 0.05) is 12.1 Å². The highest BCUT2D eigenvalue weighted by molar-refractivity contribution is 5.89. The van der Waals surface area contributed by atoms with Gasteiger partial charge < -0.3 is 20.1 Å². The number of ether oxygens (including phenoxy) is 2. The van der Waals surface area contributed by atoms with Crippen molar-refractivity contribution in [3.05, 3.63) is 114 Å². The first-order valence-corrected chi connectivity index (χ1v) is 12.0. The van der Waals surface area contributed by atoms with E-state index in [1.165, 1.54) is 6.08 Å². The average Bonchev–Trinajstić information content (AvgIpc) is 2.91. The Morgan fingerprint density at radius 1 is 1.03 bits per heavy atom. The third-order valence-corrected chi connectivity index (χ3v) is 5.47. The summed E-state index contributed by atoms with van der Waals surface area (Å²) < 4.78 is 10.8. The van der Waals surface area contributed by atoms with E-state index in [9.17, 15) is 14.9 Å². The normalized spacial score (nSPS) is 12.0. The van der Waals surface area contributed by atoms with Gasteiger partial charge in [-0.05, 0) is 42.3 Å². The molecular formula is C30H31N3O4. The molecule has 0 bridgehead atoms. The number of aryl methyl sites for hydroxylation is 1. The SMILES string of the molecule is C=CCOC(=O)c1cccc(COCC(C#N)NC(=O)C(Cc2cccc(C)c2)Nc2ccccc2)c1. The van der Waals surface area contributed by atoms with Crippen LogP contribution >= 0.6 is 0 Å². The van der Waals surface area contributed by atoms with E-state index in [0.29, 0.717) is 12.0 Å². The van der Waals surface area contributed by atoms with Crippen molar-refractivity contribution in [2.75, 3.05) is 18.5 Å². The molecule has 3 aromatic carbocycles. The van der Waals surface area contributed by atoms with Gasteiger partial charge in [0.15, 0.2) is 0 Å². The number of hydrogen-bond acceptors (Lipinski definition) is 6. The topological polar surface area (TPSA) is 100 Å². The number of carbonyl (C=O) groups is 2. The number of carbonyl (C=O) groups excluding carboxylic acids is 2. The predicted octanol–water partition coefficient (Wildman–Crippen LogP) is 4.59. The van der Waals surface area contributed by atoms with E-state index in [2.05, 4.69) is 23.3 Å². The maximum Gasteiger partial charge on any atom is 0.338 e. The minimum atomic E-state index is -0.842. The number of hydrogen-bond donors (Lipinski definition) is 2. The van der Waals surface area contributed by atoms with E-state index in [1.807, 2.05) is 67.6 Å². The van der Waals surface area contributed by atoms with Gasteiger partial charge in [0.25, 0.3) is 0 Å². The van der Waals surface area contributed by atoms with Gasteiger partial charge in [-0.1, -0.05) is 72.8 Å². The van der Waals surface area contributed by atoms with Crippen molar-refractivity contribution in [2.45, 2.75) is 32.0 Å². The maximum atomic E-state index is 13.2. The Morgan fingerprint density at radius 3 is 2.51 bits per heavy atom. The van der Waals surface area contributed by atoms with Gasteiger partial charge in [-0.2, -0.15) is 5.26 Å². The summed E-state index contributed by atoms with van der Waals surface area (Å²) in [6.07, 6.45) is 1.96. The number of benzene rings is 3. The predicted molar refractivity (Wildman–Crippen MR) is 143 cm³/mol. The highest BCUT2D eigenvalue weighted by Gasteiger charge is 2.22. The monoisotopic (exact) mass is 497 g/mol. The van der Waals surface area contributed by atoms with Crippen LogP contribution in [0.2, 0.25) is 0 Å². The van der Waals surface area contributed by atoms with Crippen molar-refractivity contribution in [1.29, 1.82) is 5.26 Å². The lowest BCUT2D eigenvalue weighted by Gasteiger charge is -2.22. The quantitative estimate of drug-likeness (QED) is 0.265. The molecule has 2 atom stereocenters. The van der Waals surface area contributed by atoms with Gasteiger partial charge in [0.05, 0.1) is 24.8 Å². The van der Waals surface area contributed by atoms with Crippen LogP contribution in [0, 0.1) is 18.3 Å². The minimum Gasteiger partial charge on any atom is -0.458 e. The lowest BCUT2D eigenvalue weighted by Crippen LogP contribution is -2.46. The first-order chi connectivity index (χ1) is 18.0. The Morgan fingerprint density at radius 2 is 1.78 bits per heavy atom. The zero-order valence-corrected chi connectivity index (χ0v) is 20.9. The number of esters is 1. The zero-order chi connectivity index (χ0) is 26.5. The largest absolute Gasteiger partial charge is 0.458 e. The van der Waals surface area contributed by atoms with Crippen molar-refractivity contribution >= 4 is 17.6 Å². The van der Waals surface area contributed by atoms with Crippen LogP contribution in [0.25, 0.3) is 0 Å². The first-order valence-electron chi connectivity index (χ1n) is 12.0. The number of nitriles is 1. The second-order valence-electron chi connectivity index (χ2n) is 8.55. The van der Waals surface area contributed by atoms with E-state index in [4.69, 9.17) is 9.47 Å². The molecule has 0 aliphatic carbocycles. The highest BCUT2D eigenvalue weighted by atomic mass is 16.5. The van der Waals surface area contributed by atoms with Gasteiger partial charge in [-0.15, -0.1) is 0 Å². The van der Waals surface area contributed by atoms with Crippen LogP contribution < -0.4 is 10.6 Å². The van der Waals surface area contributed by atoms with Crippen molar-refractivity contribution in [2.24, 2.45) is 0 Å². The molecule has 0 heterocycles. The second kappa shape index (κ2) is 14.2. The molecule has 3 aromatic rings. The fraction of sp³-hybridized carbons (Fsp3) is 0.233. The zero-order valence-electron chi connectivity index (χ0n) is 20.9. The number of rotatable bonds is 13. The second-order valence-corrected chi connectivity index (χ2v) is 8.55. The number of anilines is 1. The molecule has 0 aromatic heterocycles. The molecule has 0 saturated carbocycles. The van der Waals surface area contributed by atoms with Crippen LogP contribution in [0.4, 0.5) is 5.69 Å². The summed E-state index contributed by atoms with van der Waals surface area (Å²) in [6, 6.07) is 25.0. The van der Waals surface area contributed by atoms with Crippen LogP contribution in [0.15, 0.2) is 91.5 Å². The molecule has 37 heavy (non-hydrogen) atoms. The van der Waals surface area contributed by atoms with E-state index in [1.54, 1.807) is 18.2 Å². The van der Waals surface area contributed by atoms with E-state index < -0.39 is 18.1 Å². The number of nitrogens with one attached hydrogen (secondary N) is 2. The number of nitrogens with zero attached hydrogens (tertiary/aromatic N) is 1. The fourth-order valence-electron chi connectivity index (χ4n) is 3.70. The fourth-order valence-corrected chi connectivity index (χ4v) is 3.70. The van der Waals surface area contributed by atoms with Crippen molar-refractivity contribution < 1.29 is 19.1 Å². The lowest BCUT2D eigenvalue weighted by molar-refractivity contribution is -0.122. The molecule has 0 radical (unpaired) electrons. The Labute approximate surface area is 217 Å². The van der Waals surface area contributed by atoms with Crippen molar-refractivity contribution in [1.82, 2.24) is 5.32 Å². The third kappa shape index (κ3) is 8.95. The summed E-state index contributed by atoms with van der Waals surface area (Å²) in [4.78, 5) is 25.2. The van der Waals surface area contributed by atoms with Crippen LogP contribution in [0.3, 0.4) is 0 Å². The molecule has 2 N–H and O–H groups in total. The minimum absolute atomic E-state index is 0.00409. The molecular weight excluding hydrogens is 466 g/mol. The first kappa shape index (κ1) is 27.2. The smallest absolute Gasteiger partial charge is 0.338 e. The molecule has 0 saturated heterocycles. The van der Waals surface area contributed by atoms with Crippen LogP contribution in [-0.4, -0.2) is 37.2 Å². The Hall–Kier alpha value is -4.41. The summed E-state index contributed by atoms with van der Waals surface area (Å²) in [6.45, 7) is 5.83. The average molecular weight is 498 g/mol. The molecule has 0 aliphatic heterocycles.